The van der Waals surface area contributed by atoms with Crippen LogP contribution in [0.5, 0.6) is 0 Å². The molecule has 0 aliphatic carbocycles. The summed E-state index contributed by atoms with van der Waals surface area (Å²) in [6.45, 7) is 2.00. The van der Waals surface area contributed by atoms with Crippen molar-refractivity contribution in [2.45, 2.75) is 19.4 Å². The Morgan fingerprint density at radius 2 is 1.95 bits per heavy atom. The summed E-state index contributed by atoms with van der Waals surface area (Å²) in [6.07, 6.45) is 1.57. The van der Waals surface area contributed by atoms with Crippen LogP contribution in [-0.4, -0.2) is 39.0 Å². The molecule has 0 fully saturated rings. The maximum atomic E-state index is 11.5. The van der Waals surface area contributed by atoms with Crippen molar-refractivity contribution in [3.05, 3.63) is 35.9 Å². The molecule has 0 heterocycles. The standard InChI is InChI=1S/C15H20N2O3S/c1-13(10-12-21(2,19)20)17-15(18)16-11-6-9-14-7-4-3-5-8-14/h3-5,7-8,13H,10-12H2,1-2H3,(H2,16,17,18). The minimum absolute atomic E-state index is 0.0578. The van der Waals surface area contributed by atoms with Crippen molar-refractivity contribution in [1.82, 2.24) is 10.6 Å². The molecule has 1 rings (SSSR count). The smallest absolute Gasteiger partial charge is 0.315 e. The van der Waals surface area contributed by atoms with Gasteiger partial charge in [-0.15, -0.1) is 0 Å². The van der Waals surface area contributed by atoms with E-state index < -0.39 is 9.84 Å². The highest BCUT2D eigenvalue weighted by molar-refractivity contribution is 7.90. The highest BCUT2D eigenvalue weighted by Crippen LogP contribution is 1.95. The van der Waals surface area contributed by atoms with Gasteiger partial charge in [-0.1, -0.05) is 30.0 Å². The molecule has 0 aromatic heterocycles. The molecule has 0 saturated carbocycles. The second-order valence-corrected chi connectivity index (χ2v) is 7.07. The number of benzene rings is 1. The summed E-state index contributed by atoms with van der Waals surface area (Å²) < 4.78 is 22.0. The van der Waals surface area contributed by atoms with Crippen molar-refractivity contribution in [3.63, 3.8) is 0 Å². The van der Waals surface area contributed by atoms with Crippen LogP contribution in [0.2, 0.25) is 0 Å². The number of sulfone groups is 1. The molecule has 0 bridgehead atoms. The fourth-order valence-corrected chi connectivity index (χ4v) is 2.31. The summed E-state index contributed by atoms with van der Waals surface area (Å²) >= 11 is 0. The number of carbonyl (C=O) groups is 1. The monoisotopic (exact) mass is 308 g/mol. The van der Waals surface area contributed by atoms with Crippen LogP contribution < -0.4 is 10.6 Å². The van der Waals surface area contributed by atoms with Crippen LogP contribution in [0.1, 0.15) is 18.9 Å². The van der Waals surface area contributed by atoms with Crippen molar-refractivity contribution in [3.8, 4) is 11.8 Å². The first-order valence-corrected chi connectivity index (χ1v) is 8.69. The molecule has 5 nitrogen and oxygen atoms in total. The van der Waals surface area contributed by atoms with Crippen LogP contribution in [0.15, 0.2) is 30.3 Å². The van der Waals surface area contributed by atoms with Gasteiger partial charge >= 0.3 is 6.03 Å². The van der Waals surface area contributed by atoms with E-state index in [2.05, 4.69) is 22.5 Å². The van der Waals surface area contributed by atoms with Crippen molar-refractivity contribution in [2.24, 2.45) is 0 Å². The van der Waals surface area contributed by atoms with Gasteiger partial charge in [0.15, 0.2) is 0 Å². The van der Waals surface area contributed by atoms with Gasteiger partial charge in [-0.3, -0.25) is 0 Å². The van der Waals surface area contributed by atoms with Gasteiger partial charge < -0.3 is 10.6 Å². The van der Waals surface area contributed by atoms with E-state index in [4.69, 9.17) is 0 Å². The molecular formula is C15H20N2O3S. The molecule has 21 heavy (non-hydrogen) atoms. The number of hydrogen-bond donors (Lipinski definition) is 2. The molecule has 1 atom stereocenters. The first kappa shape index (κ1) is 17.1. The number of hydrogen-bond acceptors (Lipinski definition) is 3. The Morgan fingerprint density at radius 1 is 1.29 bits per heavy atom. The fourth-order valence-electron chi connectivity index (χ4n) is 1.53. The quantitative estimate of drug-likeness (QED) is 0.802. The minimum atomic E-state index is -3.00. The molecule has 0 radical (unpaired) electrons. The second kappa shape index (κ2) is 8.32. The molecule has 0 aliphatic rings. The van der Waals surface area contributed by atoms with E-state index >= 15 is 0 Å². The highest BCUT2D eigenvalue weighted by atomic mass is 32.2. The van der Waals surface area contributed by atoms with Crippen molar-refractivity contribution < 1.29 is 13.2 Å². The number of urea groups is 1. The summed E-state index contributed by atoms with van der Waals surface area (Å²) in [6, 6.07) is 8.93. The van der Waals surface area contributed by atoms with E-state index in [9.17, 15) is 13.2 Å². The van der Waals surface area contributed by atoms with Gasteiger partial charge in [0.1, 0.15) is 9.84 Å². The Labute approximate surface area is 126 Å². The maximum Gasteiger partial charge on any atom is 0.315 e. The van der Waals surface area contributed by atoms with E-state index in [0.29, 0.717) is 6.42 Å². The van der Waals surface area contributed by atoms with Gasteiger partial charge in [-0.05, 0) is 25.5 Å². The first-order chi connectivity index (χ1) is 9.87. The summed E-state index contributed by atoms with van der Waals surface area (Å²) in [5, 5.41) is 5.28. The Morgan fingerprint density at radius 3 is 2.57 bits per heavy atom. The molecule has 6 heteroatoms. The van der Waals surface area contributed by atoms with E-state index in [1.165, 1.54) is 6.26 Å². The van der Waals surface area contributed by atoms with Gasteiger partial charge in [-0.2, -0.15) is 0 Å². The molecule has 1 unspecified atom stereocenters. The highest BCUT2D eigenvalue weighted by Gasteiger charge is 2.09. The molecular weight excluding hydrogens is 288 g/mol. The summed E-state index contributed by atoms with van der Waals surface area (Å²) in [5.74, 6) is 5.83. The van der Waals surface area contributed by atoms with E-state index in [1.807, 2.05) is 30.3 Å². The van der Waals surface area contributed by atoms with Gasteiger partial charge in [-0.25, -0.2) is 13.2 Å². The zero-order valence-electron chi connectivity index (χ0n) is 12.2. The third-order valence-corrected chi connectivity index (χ3v) is 3.62. The van der Waals surface area contributed by atoms with Crippen LogP contribution in [0.4, 0.5) is 4.79 Å². The minimum Gasteiger partial charge on any atom is -0.336 e. The Bertz CT molecular complexity index is 615. The maximum absolute atomic E-state index is 11.5. The fraction of sp³-hybridized carbons (Fsp3) is 0.400. The second-order valence-electron chi connectivity index (χ2n) is 4.81. The Hall–Kier alpha value is -2.00. The van der Waals surface area contributed by atoms with Crippen molar-refractivity contribution in [1.29, 1.82) is 0 Å². The predicted octanol–water partition coefficient (Wildman–Crippen LogP) is 1.16. The topological polar surface area (TPSA) is 75.3 Å². The Balaban J connectivity index is 2.27. The van der Waals surface area contributed by atoms with Crippen LogP contribution in [0.25, 0.3) is 0 Å². The Kier molecular flexibility index (Phi) is 6.76. The molecule has 1 aromatic carbocycles. The molecule has 1 aromatic rings. The summed E-state index contributed by atoms with van der Waals surface area (Å²) in [5.41, 5.74) is 0.890. The summed E-state index contributed by atoms with van der Waals surface area (Å²) in [4.78, 5) is 11.5. The van der Waals surface area contributed by atoms with Crippen LogP contribution in [-0.2, 0) is 9.84 Å². The van der Waals surface area contributed by atoms with Gasteiger partial charge in [0.05, 0.1) is 12.3 Å². The third-order valence-electron chi connectivity index (χ3n) is 2.64. The lowest BCUT2D eigenvalue weighted by Gasteiger charge is -2.13. The van der Waals surface area contributed by atoms with Crippen LogP contribution in [0, 0.1) is 11.8 Å². The zero-order valence-corrected chi connectivity index (χ0v) is 13.0. The first-order valence-electron chi connectivity index (χ1n) is 6.63. The van der Waals surface area contributed by atoms with Gasteiger partial charge in [0.25, 0.3) is 0 Å². The van der Waals surface area contributed by atoms with E-state index in [-0.39, 0.29) is 24.4 Å². The average Bonchev–Trinajstić information content (AvgIpc) is 2.42. The number of carbonyl (C=O) groups excluding carboxylic acids is 1. The van der Waals surface area contributed by atoms with Crippen molar-refractivity contribution in [2.75, 3.05) is 18.6 Å². The zero-order chi connectivity index (χ0) is 15.7. The average molecular weight is 308 g/mol. The van der Waals surface area contributed by atoms with Gasteiger partial charge in [0.2, 0.25) is 0 Å². The predicted molar refractivity (Wildman–Crippen MR) is 83.6 cm³/mol. The van der Waals surface area contributed by atoms with Gasteiger partial charge in [0, 0.05) is 17.9 Å². The molecule has 114 valence electrons. The SMILES string of the molecule is CC(CCS(C)(=O)=O)NC(=O)NCC#Cc1ccccc1. The van der Waals surface area contributed by atoms with Crippen molar-refractivity contribution >= 4 is 15.9 Å². The van der Waals surface area contributed by atoms with Crippen LogP contribution >= 0.6 is 0 Å². The van der Waals surface area contributed by atoms with E-state index in [1.54, 1.807) is 6.92 Å². The number of amides is 2. The molecule has 0 saturated heterocycles. The van der Waals surface area contributed by atoms with E-state index in [0.717, 1.165) is 5.56 Å². The number of rotatable bonds is 5. The third kappa shape index (κ3) is 8.71. The molecule has 2 N–H and O–H groups in total. The molecule has 0 spiro atoms. The van der Waals surface area contributed by atoms with Crippen LogP contribution in [0.3, 0.4) is 0 Å². The normalized spacial score (nSPS) is 11.9. The lowest BCUT2D eigenvalue weighted by Crippen LogP contribution is -2.41. The summed E-state index contributed by atoms with van der Waals surface area (Å²) in [7, 11) is -3.00. The molecule has 2 amide bonds. The lowest BCUT2D eigenvalue weighted by molar-refractivity contribution is 0.238. The largest absolute Gasteiger partial charge is 0.336 e. The number of nitrogens with one attached hydrogen (secondary N) is 2. The molecule has 0 aliphatic heterocycles. The lowest BCUT2D eigenvalue weighted by atomic mass is 10.2.